The molecule has 6 heteroatoms. The molecule has 2 aromatic rings. The standard InChI is InChI=1S/C13H14ClN3OS/c1-3-15-10-5-4-9(14)6-11(10)17-13(18)12-8(2)16-7-19-12/h4-7,15H,3H2,1-2H3,(H,17,18). The van der Waals surface area contributed by atoms with E-state index in [9.17, 15) is 4.79 Å². The van der Waals surface area contributed by atoms with Crippen LogP contribution in [0, 0.1) is 6.92 Å². The van der Waals surface area contributed by atoms with Crippen LogP contribution in [0.4, 0.5) is 11.4 Å². The number of carbonyl (C=O) groups excluding carboxylic acids is 1. The fourth-order valence-electron chi connectivity index (χ4n) is 1.66. The van der Waals surface area contributed by atoms with Crippen molar-refractivity contribution >= 4 is 40.2 Å². The van der Waals surface area contributed by atoms with Crippen LogP contribution in [0.15, 0.2) is 23.7 Å². The fourth-order valence-corrected chi connectivity index (χ4v) is 2.53. The molecule has 0 radical (unpaired) electrons. The Balaban J connectivity index is 2.25. The van der Waals surface area contributed by atoms with E-state index in [1.165, 1.54) is 11.3 Å². The summed E-state index contributed by atoms with van der Waals surface area (Å²) < 4.78 is 0. The van der Waals surface area contributed by atoms with Crippen molar-refractivity contribution in [3.63, 3.8) is 0 Å². The first-order valence-corrected chi connectivity index (χ1v) is 7.12. The van der Waals surface area contributed by atoms with Gasteiger partial charge in [-0.3, -0.25) is 4.79 Å². The normalized spacial score (nSPS) is 10.3. The van der Waals surface area contributed by atoms with Gasteiger partial charge in [-0.1, -0.05) is 11.6 Å². The van der Waals surface area contributed by atoms with Crippen LogP contribution < -0.4 is 10.6 Å². The van der Waals surface area contributed by atoms with Gasteiger partial charge < -0.3 is 10.6 Å². The molecule has 0 bridgehead atoms. The Labute approximate surface area is 120 Å². The molecule has 0 aliphatic carbocycles. The third kappa shape index (κ3) is 3.24. The summed E-state index contributed by atoms with van der Waals surface area (Å²) in [7, 11) is 0. The molecule has 2 rings (SSSR count). The molecule has 0 saturated heterocycles. The molecule has 2 N–H and O–H groups in total. The number of hydrogen-bond donors (Lipinski definition) is 2. The second kappa shape index (κ2) is 6.04. The Morgan fingerprint density at radius 2 is 2.21 bits per heavy atom. The molecule has 0 fully saturated rings. The van der Waals surface area contributed by atoms with Crippen LogP contribution in [0.5, 0.6) is 0 Å². The number of aromatic nitrogens is 1. The Kier molecular flexibility index (Phi) is 4.39. The maximum absolute atomic E-state index is 12.2. The summed E-state index contributed by atoms with van der Waals surface area (Å²) >= 11 is 7.29. The number of aryl methyl sites for hydroxylation is 1. The Hall–Kier alpha value is -1.59. The third-order valence-electron chi connectivity index (χ3n) is 2.55. The topological polar surface area (TPSA) is 54.0 Å². The number of amides is 1. The minimum absolute atomic E-state index is 0.165. The lowest BCUT2D eigenvalue weighted by Crippen LogP contribution is -2.13. The van der Waals surface area contributed by atoms with Crippen LogP contribution in [0.3, 0.4) is 0 Å². The van der Waals surface area contributed by atoms with Crippen molar-refractivity contribution in [1.82, 2.24) is 4.98 Å². The van der Waals surface area contributed by atoms with Crippen molar-refractivity contribution in [1.29, 1.82) is 0 Å². The van der Waals surface area contributed by atoms with E-state index in [4.69, 9.17) is 11.6 Å². The number of nitrogens with zero attached hydrogens (tertiary/aromatic N) is 1. The van der Waals surface area contributed by atoms with Crippen molar-refractivity contribution in [2.24, 2.45) is 0 Å². The zero-order valence-electron chi connectivity index (χ0n) is 10.7. The molecule has 1 heterocycles. The summed E-state index contributed by atoms with van der Waals surface area (Å²) in [6, 6.07) is 5.36. The minimum atomic E-state index is -0.165. The van der Waals surface area contributed by atoms with Gasteiger partial charge in [0.2, 0.25) is 0 Å². The number of nitrogens with one attached hydrogen (secondary N) is 2. The average Bonchev–Trinajstić information content (AvgIpc) is 2.79. The zero-order valence-corrected chi connectivity index (χ0v) is 12.2. The molecule has 0 unspecified atom stereocenters. The first-order valence-electron chi connectivity index (χ1n) is 5.86. The first-order chi connectivity index (χ1) is 9.11. The molecule has 1 amide bonds. The molecule has 100 valence electrons. The van der Waals surface area contributed by atoms with Crippen LogP contribution in [0.25, 0.3) is 0 Å². The van der Waals surface area contributed by atoms with Gasteiger partial charge in [-0.25, -0.2) is 4.98 Å². The van der Waals surface area contributed by atoms with Crippen molar-refractivity contribution in [2.45, 2.75) is 13.8 Å². The van der Waals surface area contributed by atoms with Gasteiger partial charge in [0.1, 0.15) is 4.88 Å². The molecule has 1 aromatic carbocycles. The Bertz CT molecular complexity index is 597. The van der Waals surface area contributed by atoms with Crippen molar-refractivity contribution in [3.05, 3.63) is 39.3 Å². The maximum Gasteiger partial charge on any atom is 0.267 e. The molecular formula is C13H14ClN3OS. The zero-order chi connectivity index (χ0) is 13.8. The van der Waals surface area contributed by atoms with E-state index in [1.807, 2.05) is 19.9 Å². The van der Waals surface area contributed by atoms with Gasteiger partial charge in [-0.2, -0.15) is 0 Å². The van der Waals surface area contributed by atoms with Crippen molar-refractivity contribution in [3.8, 4) is 0 Å². The van der Waals surface area contributed by atoms with Crippen molar-refractivity contribution < 1.29 is 4.79 Å². The fraction of sp³-hybridized carbons (Fsp3) is 0.231. The van der Waals surface area contributed by atoms with Crippen LogP contribution in [-0.2, 0) is 0 Å². The predicted octanol–water partition coefficient (Wildman–Crippen LogP) is 3.79. The smallest absolute Gasteiger partial charge is 0.267 e. The largest absolute Gasteiger partial charge is 0.384 e. The molecule has 0 atom stereocenters. The highest BCUT2D eigenvalue weighted by atomic mass is 35.5. The summed E-state index contributed by atoms with van der Waals surface area (Å²) in [4.78, 5) is 16.8. The van der Waals surface area contributed by atoms with E-state index in [0.717, 1.165) is 17.9 Å². The molecule has 0 aliphatic rings. The maximum atomic E-state index is 12.2. The van der Waals surface area contributed by atoms with E-state index < -0.39 is 0 Å². The summed E-state index contributed by atoms with van der Waals surface area (Å²) in [5.74, 6) is -0.165. The summed E-state index contributed by atoms with van der Waals surface area (Å²) in [5, 5.41) is 6.63. The number of benzene rings is 1. The Morgan fingerprint density at radius 1 is 1.42 bits per heavy atom. The number of rotatable bonds is 4. The molecule has 0 spiro atoms. The molecule has 0 aliphatic heterocycles. The van der Waals surface area contributed by atoms with Crippen LogP contribution in [0.2, 0.25) is 5.02 Å². The van der Waals surface area contributed by atoms with Crippen LogP contribution in [0.1, 0.15) is 22.3 Å². The van der Waals surface area contributed by atoms with E-state index in [2.05, 4.69) is 15.6 Å². The van der Waals surface area contributed by atoms with E-state index in [0.29, 0.717) is 15.6 Å². The van der Waals surface area contributed by atoms with Gasteiger partial charge in [0.25, 0.3) is 5.91 Å². The Morgan fingerprint density at radius 3 is 2.84 bits per heavy atom. The predicted molar refractivity (Wildman–Crippen MR) is 80.4 cm³/mol. The number of carbonyl (C=O) groups is 1. The average molecular weight is 296 g/mol. The minimum Gasteiger partial charge on any atom is -0.384 e. The summed E-state index contributed by atoms with van der Waals surface area (Å²) in [5.41, 5.74) is 3.91. The van der Waals surface area contributed by atoms with Gasteiger partial charge >= 0.3 is 0 Å². The van der Waals surface area contributed by atoms with E-state index in [-0.39, 0.29) is 5.91 Å². The van der Waals surface area contributed by atoms with Crippen LogP contribution in [-0.4, -0.2) is 17.4 Å². The monoisotopic (exact) mass is 295 g/mol. The second-order valence-corrected chi connectivity index (χ2v) is 5.23. The number of thiazole rings is 1. The SMILES string of the molecule is CCNc1ccc(Cl)cc1NC(=O)c1scnc1C. The summed E-state index contributed by atoms with van der Waals surface area (Å²) in [6.07, 6.45) is 0. The molecule has 0 saturated carbocycles. The lowest BCUT2D eigenvalue weighted by Gasteiger charge is -2.12. The quantitative estimate of drug-likeness (QED) is 0.902. The lowest BCUT2D eigenvalue weighted by atomic mass is 10.2. The van der Waals surface area contributed by atoms with Gasteiger partial charge in [0.15, 0.2) is 0 Å². The highest BCUT2D eigenvalue weighted by molar-refractivity contribution is 7.12. The van der Waals surface area contributed by atoms with E-state index in [1.54, 1.807) is 17.6 Å². The highest BCUT2D eigenvalue weighted by Crippen LogP contribution is 2.27. The van der Waals surface area contributed by atoms with Gasteiger partial charge in [0, 0.05) is 11.6 Å². The highest BCUT2D eigenvalue weighted by Gasteiger charge is 2.13. The molecule has 19 heavy (non-hydrogen) atoms. The van der Waals surface area contributed by atoms with Gasteiger partial charge in [-0.05, 0) is 32.0 Å². The van der Waals surface area contributed by atoms with Gasteiger partial charge in [0.05, 0.1) is 22.6 Å². The van der Waals surface area contributed by atoms with Crippen molar-refractivity contribution in [2.75, 3.05) is 17.2 Å². The molecular weight excluding hydrogens is 282 g/mol. The lowest BCUT2D eigenvalue weighted by molar-refractivity contribution is 0.103. The number of halogens is 1. The molecule has 1 aromatic heterocycles. The second-order valence-electron chi connectivity index (χ2n) is 3.94. The first kappa shape index (κ1) is 13.8. The number of hydrogen-bond acceptors (Lipinski definition) is 4. The number of anilines is 2. The molecule has 4 nitrogen and oxygen atoms in total. The summed E-state index contributed by atoms with van der Waals surface area (Å²) in [6.45, 7) is 4.58. The van der Waals surface area contributed by atoms with E-state index >= 15 is 0 Å². The van der Waals surface area contributed by atoms with Crippen LogP contribution >= 0.6 is 22.9 Å². The third-order valence-corrected chi connectivity index (χ3v) is 3.71. The van der Waals surface area contributed by atoms with Gasteiger partial charge in [-0.15, -0.1) is 11.3 Å².